The minimum atomic E-state index is 0.886. The van der Waals surface area contributed by atoms with E-state index in [1.807, 2.05) is 30.6 Å². The van der Waals surface area contributed by atoms with Gasteiger partial charge in [-0.05, 0) is 68.5 Å². The number of hydrogen-bond acceptors (Lipinski definition) is 2. The molecule has 0 aliphatic heterocycles. The van der Waals surface area contributed by atoms with Crippen molar-refractivity contribution >= 4 is 37.4 Å². The number of halogens is 2. The normalized spacial score (nSPS) is 11.0. The third-order valence-corrected chi connectivity index (χ3v) is 4.69. The van der Waals surface area contributed by atoms with Gasteiger partial charge in [-0.3, -0.25) is 4.98 Å². The molecule has 0 unspecified atom stereocenters. The number of rotatable bonds is 4. The van der Waals surface area contributed by atoms with Gasteiger partial charge in [-0.1, -0.05) is 12.1 Å². The molecule has 0 saturated carbocycles. The lowest BCUT2D eigenvalue weighted by molar-refractivity contribution is 0.414. The fourth-order valence-corrected chi connectivity index (χ4v) is 3.84. The summed E-state index contributed by atoms with van der Waals surface area (Å²) in [6.45, 7) is 0. The summed E-state index contributed by atoms with van der Waals surface area (Å²) < 4.78 is 9.37. The second kappa shape index (κ2) is 6.20. The van der Waals surface area contributed by atoms with Crippen LogP contribution >= 0.6 is 31.9 Å². The highest BCUT2D eigenvalue weighted by Gasteiger charge is 2.10. The van der Waals surface area contributed by atoms with E-state index in [-0.39, 0.29) is 0 Å². The van der Waals surface area contributed by atoms with Gasteiger partial charge < -0.3 is 9.14 Å². The third kappa shape index (κ3) is 2.99. The molecule has 0 aliphatic carbocycles. The van der Waals surface area contributed by atoms with E-state index in [4.69, 9.17) is 4.74 Å². The predicted molar refractivity (Wildman–Crippen MR) is 91.0 cm³/mol. The van der Waals surface area contributed by atoms with Crippen LogP contribution in [0, 0.1) is 0 Å². The highest BCUT2D eigenvalue weighted by molar-refractivity contribution is 9.11. The van der Waals surface area contributed by atoms with Crippen molar-refractivity contribution in [3.63, 3.8) is 0 Å². The number of hydrogen-bond donors (Lipinski definition) is 0. The average molecular weight is 410 g/mol. The fourth-order valence-electron chi connectivity index (χ4n) is 2.38. The molecule has 5 heteroatoms. The summed E-state index contributed by atoms with van der Waals surface area (Å²) in [6, 6.07) is 10.2. The monoisotopic (exact) mass is 408 g/mol. The van der Waals surface area contributed by atoms with Crippen molar-refractivity contribution in [2.75, 3.05) is 7.11 Å². The zero-order valence-electron chi connectivity index (χ0n) is 11.5. The topological polar surface area (TPSA) is 26.5 Å². The van der Waals surface area contributed by atoms with Gasteiger partial charge in [0.2, 0.25) is 0 Å². The Bertz CT molecular complexity index is 766. The molecule has 0 atom stereocenters. The Kier molecular flexibility index (Phi) is 4.31. The Balaban J connectivity index is 1.84. The zero-order valence-corrected chi connectivity index (χ0v) is 14.7. The van der Waals surface area contributed by atoms with Crippen molar-refractivity contribution in [1.82, 2.24) is 9.38 Å². The van der Waals surface area contributed by atoms with Crippen molar-refractivity contribution in [3.8, 4) is 5.75 Å². The first-order valence-electron chi connectivity index (χ1n) is 6.62. The minimum Gasteiger partial charge on any atom is -0.497 e. The average Bonchev–Trinajstić information content (AvgIpc) is 2.81. The van der Waals surface area contributed by atoms with Crippen molar-refractivity contribution in [2.45, 2.75) is 12.8 Å². The maximum atomic E-state index is 5.18. The SMILES string of the molecule is COc1ccc(CCc2nccn3c(Br)cc(Br)c23)cc1. The molecule has 2 aromatic heterocycles. The maximum Gasteiger partial charge on any atom is 0.118 e. The number of fused-ring (bicyclic) bond motifs is 1. The zero-order chi connectivity index (χ0) is 14.8. The molecule has 0 spiro atoms. The van der Waals surface area contributed by atoms with E-state index in [1.54, 1.807) is 7.11 Å². The van der Waals surface area contributed by atoms with E-state index in [0.717, 1.165) is 38.9 Å². The first-order chi connectivity index (χ1) is 10.2. The molecule has 0 aliphatic rings. The molecular formula is C16H14Br2N2O. The van der Waals surface area contributed by atoms with Crippen LogP contribution in [0.1, 0.15) is 11.3 Å². The number of benzene rings is 1. The predicted octanol–water partition coefficient (Wildman–Crippen LogP) is 4.65. The van der Waals surface area contributed by atoms with Gasteiger partial charge >= 0.3 is 0 Å². The molecular weight excluding hydrogens is 396 g/mol. The molecule has 3 nitrogen and oxygen atoms in total. The van der Waals surface area contributed by atoms with Gasteiger partial charge in [0, 0.05) is 16.9 Å². The number of ether oxygens (including phenoxy) is 1. The Hall–Kier alpha value is -1.33. The number of aryl methyl sites for hydroxylation is 2. The highest BCUT2D eigenvalue weighted by atomic mass is 79.9. The van der Waals surface area contributed by atoms with Gasteiger partial charge in [0.1, 0.15) is 5.75 Å². The van der Waals surface area contributed by atoms with Crippen LogP contribution < -0.4 is 4.74 Å². The molecule has 0 saturated heterocycles. The summed E-state index contributed by atoms with van der Waals surface area (Å²) >= 11 is 7.16. The van der Waals surface area contributed by atoms with Crippen molar-refractivity contribution in [1.29, 1.82) is 0 Å². The van der Waals surface area contributed by atoms with Crippen LogP contribution in [0.25, 0.3) is 5.52 Å². The van der Waals surface area contributed by atoms with Gasteiger partial charge in [-0.15, -0.1) is 0 Å². The number of nitrogens with zero attached hydrogens (tertiary/aromatic N) is 2. The lowest BCUT2D eigenvalue weighted by Gasteiger charge is -2.06. The van der Waals surface area contributed by atoms with Gasteiger partial charge in [0.15, 0.2) is 0 Å². The van der Waals surface area contributed by atoms with Crippen LogP contribution in [0.3, 0.4) is 0 Å². The van der Waals surface area contributed by atoms with Gasteiger partial charge in [-0.2, -0.15) is 0 Å². The summed E-state index contributed by atoms with van der Waals surface area (Å²) in [7, 11) is 1.68. The van der Waals surface area contributed by atoms with E-state index in [1.165, 1.54) is 5.56 Å². The third-order valence-electron chi connectivity index (χ3n) is 3.47. The summed E-state index contributed by atoms with van der Waals surface area (Å²) in [5, 5.41) is 0. The molecule has 2 heterocycles. The molecule has 0 bridgehead atoms. The molecule has 1 aromatic carbocycles. The first-order valence-corrected chi connectivity index (χ1v) is 8.20. The fraction of sp³-hybridized carbons (Fsp3) is 0.188. The van der Waals surface area contributed by atoms with Gasteiger partial charge in [0.25, 0.3) is 0 Å². The highest BCUT2D eigenvalue weighted by Crippen LogP contribution is 2.28. The van der Waals surface area contributed by atoms with Crippen LogP contribution in [0.15, 0.2) is 51.8 Å². The quantitative estimate of drug-likeness (QED) is 0.626. The molecule has 0 radical (unpaired) electrons. The van der Waals surface area contributed by atoms with Gasteiger partial charge in [-0.25, -0.2) is 0 Å². The molecule has 0 fully saturated rings. The van der Waals surface area contributed by atoms with E-state index < -0.39 is 0 Å². The van der Waals surface area contributed by atoms with Crippen LogP contribution in [0.2, 0.25) is 0 Å². The minimum absolute atomic E-state index is 0.886. The number of aromatic nitrogens is 2. The summed E-state index contributed by atoms with van der Waals surface area (Å²) in [5.41, 5.74) is 3.49. The van der Waals surface area contributed by atoms with Crippen molar-refractivity contribution in [3.05, 3.63) is 63.1 Å². The number of methoxy groups -OCH3 is 1. The Morgan fingerprint density at radius 3 is 2.62 bits per heavy atom. The lowest BCUT2D eigenvalue weighted by Crippen LogP contribution is -1.98. The molecule has 0 amide bonds. The standard InChI is InChI=1S/C16H14Br2N2O/c1-21-12-5-2-11(3-6-12)4-7-14-16-13(17)10-15(18)20(16)9-8-19-14/h2-3,5-6,8-10H,4,7H2,1H3. The Morgan fingerprint density at radius 1 is 1.14 bits per heavy atom. The molecule has 21 heavy (non-hydrogen) atoms. The van der Waals surface area contributed by atoms with Crippen LogP contribution in [0.4, 0.5) is 0 Å². The molecule has 3 aromatic rings. The van der Waals surface area contributed by atoms with E-state index in [2.05, 4.69) is 53.4 Å². The van der Waals surface area contributed by atoms with E-state index >= 15 is 0 Å². The van der Waals surface area contributed by atoms with Crippen LogP contribution in [0.5, 0.6) is 5.75 Å². The Labute approximate surface area is 140 Å². The molecule has 3 rings (SSSR count). The molecule has 0 N–H and O–H groups in total. The van der Waals surface area contributed by atoms with Crippen molar-refractivity contribution < 1.29 is 4.74 Å². The lowest BCUT2D eigenvalue weighted by atomic mass is 10.1. The Morgan fingerprint density at radius 2 is 1.90 bits per heavy atom. The maximum absolute atomic E-state index is 5.18. The smallest absolute Gasteiger partial charge is 0.118 e. The second-order valence-corrected chi connectivity index (χ2v) is 6.42. The van der Waals surface area contributed by atoms with Gasteiger partial charge in [0.05, 0.1) is 22.9 Å². The summed E-state index contributed by atoms with van der Waals surface area (Å²) in [6.07, 6.45) is 5.65. The van der Waals surface area contributed by atoms with Crippen LogP contribution in [-0.4, -0.2) is 16.5 Å². The van der Waals surface area contributed by atoms with Crippen LogP contribution in [-0.2, 0) is 12.8 Å². The molecule has 108 valence electrons. The van der Waals surface area contributed by atoms with E-state index in [9.17, 15) is 0 Å². The summed E-state index contributed by atoms with van der Waals surface area (Å²) in [4.78, 5) is 4.53. The summed E-state index contributed by atoms with van der Waals surface area (Å²) in [5.74, 6) is 0.886. The largest absolute Gasteiger partial charge is 0.497 e. The second-order valence-electron chi connectivity index (χ2n) is 4.76. The van der Waals surface area contributed by atoms with E-state index in [0.29, 0.717) is 0 Å². The first kappa shape index (κ1) is 14.6. The van der Waals surface area contributed by atoms with Crippen molar-refractivity contribution in [2.24, 2.45) is 0 Å².